The van der Waals surface area contributed by atoms with E-state index in [2.05, 4.69) is 64.4 Å². The zero-order valence-electron chi connectivity index (χ0n) is 20.8. The zero-order valence-corrected chi connectivity index (χ0v) is 21.6. The number of hydrogen-bond donors (Lipinski definition) is 0. The van der Waals surface area contributed by atoms with Crippen LogP contribution >= 0.6 is 11.3 Å². The third-order valence-corrected chi connectivity index (χ3v) is 7.91. The first-order chi connectivity index (χ1) is 17.7. The Morgan fingerprint density at radius 3 is 2.50 bits per heavy atom. The molecule has 2 saturated heterocycles. The number of thiophene rings is 1. The minimum absolute atomic E-state index is 0.0991. The fourth-order valence-corrected chi connectivity index (χ4v) is 5.63. The van der Waals surface area contributed by atoms with Crippen LogP contribution in [0.3, 0.4) is 0 Å². The van der Waals surface area contributed by atoms with Crippen LogP contribution in [0.5, 0.6) is 5.75 Å². The van der Waals surface area contributed by atoms with Gasteiger partial charge in [-0.05, 0) is 60.2 Å². The van der Waals surface area contributed by atoms with Crippen LogP contribution < -0.4 is 9.64 Å². The van der Waals surface area contributed by atoms with Gasteiger partial charge in [0.1, 0.15) is 5.75 Å². The SMILES string of the molecule is O=C(/C=C/c1cccs1)N1CCC[C@@H](COc2ccc(CN3CCN(c4ccccc4)CC3)cc2)C1. The van der Waals surface area contributed by atoms with Crippen LogP contribution in [0.1, 0.15) is 23.3 Å². The molecule has 0 radical (unpaired) electrons. The van der Waals surface area contributed by atoms with Gasteiger partial charge in [-0.3, -0.25) is 9.69 Å². The van der Waals surface area contributed by atoms with E-state index in [0.717, 1.165) is 69.3 Å². The van der Waals surface area contributed by atoms with E-state index in [1.807, 2.05) is 28.5 Å². The number of carbonyl (C=O) groups is 1. The highest BCUT2D eigenvalue weighted by Gasteiger charge is 2.23. The Balaban J connectivity index is 1.04. The highest BCUT2D eigenvalue weighted by Crippen LogP contribution is 2.21. The number of ether oxygens (including phenoxy) is 1. The Kier molecular flexibility index (Phi) is 8.36. The molecule has 36 heavy (non-hydrogen) atoms. The fraction of sp³-hybridized carbons (Fsp3) is 0.367. The summed E-state index contributed by atoms with van der Waals surface area (Å²) in [6.45, 7) is 7.50. The lowest BCUT2D eigenvalue weighted by Gasteiger charge is -2.36. The van der Waals surface area contributed by atoms with E-state index in [9.17, 15) is 4.79 Å². The molecule has 1 amide bonds. The van der Waals surface area contributed by atoms with E-state index in [1.165, 1.54) is 11.3 Å². The van der Waals surface area contributed by atoms with E-state index in [4.69, 9.17) is 4.74 Å². The number of rotatable bonds is 8. The van der Waals surface area contributed by atoms with Gasteiger partial charge >= 0.3 is 0 Å². The predicted octanol–water partition coefficient (Wildman–Crippen LogP) is 5.40. The number of anilines is 1. The lowest BCUT2D eigenvalue weighted by Crippen LogP contribution is -2.45. The largest absolute Gasteiger partial charge is 0.493 e. The summed E-state index contributed by atoms with van der Waals surface area (Å²) < 4.78 is 6.13. The molecular formula is C30H35N3O2S. The molecule has 1 aromatic heterocycles. The molecule has 0 saturated carbocycles. The molecule has 5 nitrogen and oxygen atoms in total. The molecule has 3 heterocycles. The zero-order chi connectivity index (χ0) is 24.6. The second kappa shape index (κ2) is 12.2. The average Bonchev–Trinajstić information content (AvgIpc) is 3.46. The summed E-state index contributed by atoms with van der Waals surface area (Å²) >= 11 is 1.65. The minimum Gasteiger partial charge on any atom is -0.493 e. The van der Waals surface area contributed by atoms with Gasteiger partial charge in [0, 0.05) is 68.4 Å². The molecule has 0 N–H and O–H groups in total. The van der Waals surface area contributed by atoms with Gasteiger partial charge in [-0.25, -0.2) is 0 Å². The number of piperidine rings is 1. The molecule has 2 fully saturated rings. The molecule has 2 aliphatic heterocycles. The van der Waals surface area contributed by atoms with Crippen LogP contribution in [0.25, 0.3) is 6.08 Å². The van der Waals surface area contributed by atoms with Crippen molar-refractivity contribution in [2.45, 2.75) is 19.4 Å². The van der Waals surface area contributed by atoms with E-state index in [-0.39, 0.29) is 5.91 Å². The van der Waals surface area contributed by atoms with Crippen molar-refractivity contribution in [1.82, 2.24) is 9.80 Å². The first-order valence-corrected chi connectivity index (χ1v) is 13.9. The maximum atomic E-state index is 12.6. The highest BCUT2D eigenvalue weighted by atomic mass is 32.1. The Morgan fingerprint density at radius 2 is 1.75 bits per heavy atom. The first kappa shape index (κ1) is 24.6. The van der Waals surface area contributed by atoms with Crippen LogP contribution in [0.15, 0.2) is 78.2 Å². The van der Waals surface area contributed by atoms with Crippen molar-refractivity contribution in [1.29, 1.82) is 0 Å². The maximum absolute atomic E-state index is 12.6. The summed E-state index contributed by atoms with van der Waals surface area (Å²) in [6, 6.07) is 23.3. The molecule has 188 valence electrons. The quantitative estimate of drug-likeness (QED) is 0.387. The van der Waals surface area contributed by atoms with Crippen molar-refractivity contribution in [3.63, 3.8) is 0 Å². The topological polar surface area (TPSA) is 36.0 Å². The molecule has 0 aliphatic carbocycles. The van der Waals surface area contributed by atoms with Crippen LogP contribution in [0, 0.1) is 5.92 Å². The molecule has 0 bridgehead atoms. The average molecular weight is 502 g/mol. The molecule has 0 spiro atoms. The number of para-hydroxylation sites is 1. The Morgan fingerprint density at radius 1 is 0.944 bits per heavy atom. The molecule has 5 rings (SSSR count). The van der Waals surface area contributed by atoms with Crippen molar-refractivity contribution in [2.75, 3.05) is 50.8 Å². The van der Waals surface area contributed by atoms with Gasteiger partial charge in [-0.2, -0.15) is 0 Å². The van der Waals surface area contributed by atoms with E-state index in [1.54, 1.807) is 17.4 Å². The summed E-state index contributed by atoms with van der Waals surface area (Å²) in [5, 5.41) is 2.03. The molecule has 1 atom stereocenters. The second-order valence-electron chi connectivity index (χ2n) is 9.69. The van der Waals surface area contributed by atoms with Crippen molar-refractivity contribution >= 4 is 29.0 Å². The van der Waals surface area contributed by atoms with Crippen LogP contribution in [-0.2, 0) is 11.3 Å². The number of likely N-dealkylation sites (tertiary alicyclic amines) is 1. The van der Waals surface area contributed by atoms with E-state index < -0.39 is 0 Å². The minimum atomic E-state index is 0.0991. The molecule has 6 heteroatoms. The fourth-order valence-electron chi connectivity index (χ4n) is 5.01. The third kappa shape index (κ3) is 6.77. The smallest absolute Gasteiger partial charge is 0.246 e. The molecule has 2 aliphatic rings. The summed E-state index contributed by atoms with van der Waals surface area (Å²) in [5.74, 6) is 1.38. The number of piperazine rings is 1. The summed E-state index contributed by atoms with van der Waals surface area (Å²) in [5.41, 5.74) is 2.64. The predicted molar refractivity (Wildman–Crippen MR) is 149 cm³/mol. The van der Waals surface area contributed by atoms with Crippen molar-refractivity contribution in [3.8, 4) is 5.75 Å². The Hall–Kier alpha value is -3.09. The summed E-state index contributed by atoms with van der Waals surface area (Å²) in [4.78, 5) is 20.7. The van der Waals surface area contributed by atoms with Gasteiger partial charge in [0.05, 0.1) is 6.61 Å². The summed E-state index contributed by atoms with van der Waals surface area (Å²) in [7, 11) is 0. The van der Waals surface area contributed by atoms with Gasteiger partial charge in [0.25, 0.3) is 0 Å². The van der Waals surface area contributed by atoms with Crippen LogP contribution in [0.2, 0.25) is 0 Å². The maximum Gasteiger partial charge on any atom is 0.246 e. The van der Waals surface area contributed by atoms with E-state index >= 15 is 0 Å². The van der Waals surface area contributed by atoms with Crippen LogP contribution in [0.4, 0.5) is 5.69 Å². The number of hydrogen-bond acceptors (Lipinski definition) is 5. The Bertz CT molecular complexity index is 1110. The second-order valence-corrected chi connectivity index (χ2v) is 10.7. The van der Waals surface area contributed by atoms with Crippen LogP contribution in [-0.4, -0.2) is 61.6 Å². The van der Waals surface area contributed by atoms with Gasteiger partial charge in [0.15, 0.2) is 0 Å². The number of carbonyl (C=O) groups excluding carboxylic acids is 1. The number of benzene rings is 2. The molecule has 3 aromatic rings. The van der Waals surface area contributed by atoms with Crippen molar-refractivity contribution < 1.29 is 9.53 Å². The third-order valence-electron chi connectivity index (χ3n) is 7.07. The van der Waals surface area contributed by atoms with Gasteiger partial charge in [-0.15, -0.1) is 11.3 Å². The normalized spacial score (nSPS) is 19.1. The highest BCUT2D eigenvalue weighted by molar-refractivity contribution is 7.10. The number of amides is 1. The lowest BCUT2D eigenvalue weighted by atomic mass is 9.99. The van der Waals surface area contributed by atoms with E-state index in [0.29, 0.717) is 12.5 Å². The van der Waals surface area contributed by atoms with Gasteiger partial charge in [-0.1, -0.05) is 36.4 Å². The first-order valence-electron chi connectivity index (χ1n) is 13.0. The summed E-state index contributed by atoms with van der Waals surface area (Å²) in [6.07, 6.45) is 5.75. The molecular weight excluding hydrogens is 466 g/mol. The van der Waals surface area contributed by atoms with Crippen molar-refractivity contribution in [2.24, 2.45) is 5.92 Å². The standard InChI is InChI=1S/C30H35N3O2S/c34-30(15-14-29-9-5-21-36-29)33-16-4-6-26(23-33)24-35-28-12-10-25(11-13-28)22-31-17-19-32(20-18-31)27-7-2-1-3-8-27/h1-3,5,7-15,21,26H,4,6,16-20,22-24H2/b15-14+/t26-/m1/s1. The molecule has 2 aromatic carbocycles. The Labute approximate surface area is 218 Å². The monoisotopic (exact) mass is 501 g/mol. The van der Waals surface area contributed by atoms with Crippen molar-refractivity contribution in [3.05, 3.63) is 88.6 Å². The van der Waals surface area contributed by atoms with Gasteiger partial charge < -0.3 is 14.5 Å². The number of nitrogens with zero attached hydrogens (tertiary/aromatic N) is 3. The molecule has 0 unspecified atom stereocenters. The van der Waals surface area contributed by atoms with Gasteiger partial charge in [0.2, 0.25) is 5.91 Å². The lowest BCUT2D eigenvalue weighted by molar-refractivity contribution is -0.127.